The smallest absolute Gasteiger partial charge is 0.191 e. The van der Waals surface area contributed by atoms with Crippen molar-refractivity contribution in [2.75, 3.05) is 33.3 Å². The van der Waals surface area contributed by atoms with E-state index >= 15 is 0 Å². The maximum atomic E-state index is 5.63. The van der Waals surface area contributed by atoms with Crippen LogP contribution in [0.15, 0.2) is 29.3 Å². The van der Waals surface area contributed by atoms with Crippen LogP contribution in [0.1, 0.15) is 37.8 Å². The van der Waals surface area contributed by atoms with Gasteiger partial charge >= 0.3 is 0 Å². The van der Waals surface area contributed by atoms with Crippen LogP contribution in [0.5, 0.6) is 0 Å². The summed E-state index contributed by atoms with van der Waals surface area (Å²) < 4.78 is 5.63. The molecular formula is C19H33IN4O. The van der Waals surface area contributed by atoms with E-state index in [1.54, 1.807) is 0 Å². The first-order valence-electron chi connectivity index (χ1n) is 9.11. The van der Waals surface area contributed by atoms with Gasteiger partial charge < -0.3 is 15.4 Å². The van der Waals surface area contributed by atoms with Gasteiger partial charge in [-0.3, -0.25) is 9.89 Å². The molecule has 1 fully saturated rings. The van der Waals surface area contributed by atoms with Gasteiger partial charge in [-0.15, -0.1) is 24.0 Å². The van der Waals surface area contributed by atoms with E-state index in [1.807, 2.05) is 7.05 Å². The van der Waals surface area contributed by atoms with E-state index in [1.165, 1.54) is 11.1 Å². The average Bonchev–Trinajstić information content (AvgIpc) is 3.13. The molecule has 2 N–H and O–H groups in total. The lowest BCUT2D eigenvalue weighted by molar-refractivity contribution is 0.114. The standard InChI is InChI=1S/C19H32N4O.HI/c1-4-23(5-2)15-17-9-6-8-16(12-17)13-21-19(20-3)22-14-18-10-7-11-24-18;/h6,8-9,12,18H,4-5,7,10-11,13-15H2,1-3H3,(H2,20,21,22);1H. The number of guanidine groups is 1. The van der Waals surface area contributed by atoms with Crippen LogP contribution in [-0.2, 0) is 17.8 Å². The Kier molecular flexibility index (Phi) is 11.1. The van der Waals surface area contributed by atoms with Crippen LogP contribution in [0.3, 0.4) is 0 Å². The summed E-state index contributed by atoms with van der Waals surface area (Å²) in [5, 5.41) is 6.74. The van der Waals surface area contributed by atoms with Crippen molar-refractivity contribution in [3.63, 3.8) is 0 Å². The molecule has 2 rings (SSSR count). The molecule has 0 saturated carbocycles. The second-order valence-corrected chi connectivity index (χ2v) is 6.22. The quantitative estimate of drug-likeness (QED) is 0.356. The van der Waals surface area contributed by atoms with Crippen molar-refractivity contribution in [1.82, 2.24) is 15.5 Å². The summed E-state index contributed by atoms with van der Waals surface area (Å²) in [7, 11) is 1.81. The summed E-state index contributed by atoms with van der Waals surface area (Å²) in [6.07, 6.45) is 2.62. The lowest BCUT2D eigenvalue weighted by atomic mass is 10.1. The molecule has 1 unspecified atom stereocenters. The first-order valence-corrected chi connectivity index (χ1v) is 9.11. The Balaban J connectivity index is 0.00000312. The molecule has 1 heterocycles. The fraction of sp³-hybridized carbons (Fsp3) is 0.632. The Morgan fingerprint density at radius 1 is 1.24 bits per heavy atom. The van der Waals surface area contributed by atoms with Crippen molar-refractivity contribution in [1.29, 1.82) is 0 Å². The van der Waals surface area contributed by atoms with Gasteiger partial charge in [-0.1, -0.05) is 38.1 Å². The summed E-state index contributed by atoms with van der Waals surface area (Å²) >= 11 is 0. The van der Waals surface area contributed by atoms with Crippen LogP contribution in [-0.4, -0.2) is 50.3 Å². The summed E-state index contributed by atoms with van der Waals surface area (Å²) in [4.78, 5) is 6.72. The zero-order valence-electron chi connectivity index (χ0n) is 15.8. The minimum Gasteiger partial charge on any atom is -0.376 e. The molecule has 0 bridgehead atoms. The molecule has 1 atom stereocenters. The van der Waals surface area contributed by atoms with E-state index in [0.717, 1.165) is 58.1 Å². The Morgan fingerprint density at radius 3 is 2.64 bits per heavy atom. The number of hydrogen-bond donors (Lipinski definition) is 2. The average molecular weight is 460 g/mol. The molecule has 1 aromatic carbocycles. The SMILES string of the molecule is CCN(CC)Cc1cccc(CNC(=NC)NCC2CCCO2)c1.I. The number of benzene rings is 1. The lowest BCUT2D eigenvalue weighted by Gasteiger charge is -2.19. The number of halogens is 1. The zero-order valence-corrected chi connectivity index (χ0v) is 18.1. The monoisotopic (exact) mass is 460 g/mol. The maximum absolute atomic E-state index is 5.63. The predicted octanol–water partition coefficient (Wildman–Crippen LogP) is 2.99. The van der Waals surface area contributed by atoms with Gasteiger partial charge in [0.25, 0.3) is 0 Å². The molecule has 1 aliphatic heterocycles. The fourth-order valence-electron chi connectivity index (χ4n) is 2.97. The van der Waals surface area contributed by atoms with Gasteiger partial charge in [-0.05, 0) is 37.1 Å². The van der Waals surface area contributed by atoms with E-state index in [2.05, 4.69) is 58.6 Å². The molecular weight excluding hydrogens is 427 g/mol. The van der Waals surface area contributed by atoms with Crippen LogP contribution < -0.4 is 10.6 Å². The van der Waals surface area contributed by atoms with Gasteiger partial charge in [0, 0.05) is 33.3 Å². The second-order valence-electron chi connectivity index (χ2n) is 6.22. The Bertz CT molecular complexity index is 514. The van der Waals surface area contributed by atoms with Crippen LogP contribution in [0.25, 0.3) is 0 Å². The molecule has 1 aromatic rings. The summed E-state index contributed by atoms with van der Waals surface area (Å²) in [6, 6.07) is 8.77. The lowest BCUT2D eigenvalue weighted by Crippen LogP contribution is -2.40. The molecule has 1 saturated heterocycles. The number of nitrogens with one attached hydrogen (secondary N) is 2. The molecule has 25 heavy (non-hydrogen) atoms. The summed E-state index contributed by atoms with van der Waals surface area (Å²) in [5.74, 6) is 0.833. The van der Waals surface area contributed by atoms with E-state index in [-0.39, 0.29) is 24.0 Å². The number of nitrogens with zero attached hydrogens (tertiary/aromatic N) is 2. The molecule has 0 spiro atoms. The Morgan fingerprint density at radius 2 is 2.00 bits per heavy atom. The molecule has 1 aliphatic rings. The topological polar surface area (TPSA) is 48.9 Å². The van der Waals surface area contributed by atoms with E-state index in [9.17, 15) is 0 Å². The number of ether oxygens (including phenoxy) is 1. The number of aliphatic imine (C=N–C) groups is 1. The molecule has 6 heteroatoms. The van der Waals surface area contributed by atoms with Crippen molar-refractivity contribution in [3.05, 3.63) is 35.4 Å². The zero-order chi connectivity index (χ0) is 17.2. The van der Waals surface area contributed by atoms with Gasteiger partial charge in [0.2, 0.25) is 0 Å². The van der Waals surface area contributed by atoms with Gasteiger partial charge in [-0.2, -0.15) is 0 Å². The highest BCUT2D eigenvalue weighted by Gasteiger charge is 2.15. The van der Waals surface area contributed by atoms with Gasteiger partial charge in [-0.25, -0.2) is 0 Å². The predicted molar refractivity (Wildman–Crippen MR) is 116 cm³/mol. The third-order valence-corrected chi connectivity index (χ3v) is 4.50. The van der Waals surface area contributed by atoms with E-state index < -0.39 is 0 Å². The Hall–Kier alpha value is -0.860. The van der Waals surface area contributed by atoms with Crippen molar-refractivity contribution >= 4 is 29.9 Å². The second kappa shape index (κ2) is 12.5. The normalized spacial score (nSPS) is 17.4. The molecule has 0 amide bonds. The van der Waals surface area contributed by atoms with Crippen LogP contribution in [0.4, 0.5) is 0 Å². The minimum absolute atomic E-state index is 0. The van der Waals surface area contributed by atoms with Crippen LogP contribution in [0, 0.1) is 0 Å². The molecule has 0 radical (unpaired) electrons. The van der Waals surface area contributed by atoms with Gasteiger partial charge in [0.15, 0.2) is 5.96 Å². The summed E-state index contributed by atoms with van der Waals surface area (Å²) in [6.45, 7) is 10.1. The van der Waals surface area contributed by atoms with E-state index in [0.29, 0.717) is 6.10 Å². The highest BCUT2D eigenvalue weighted by Crippen LogP contribution is 2.11. The molecule has 5 nitrogen and oxygen atoms in total. The number of rotatable bonds is 8. The minimum atomic E-state index is 0. The first kappa shape index (κ1) is 22.2. The van der Waals surface area contributed by atoms with Gasteiger partial charge in [0.1, 0.15) is 0 Å². The van der Waals surface area contributed by atoms with Crippen molar-refractivity contribution in [3.8, 4) is 0 Å². The van der Waals surface area contributed by atoms with Crippen molar-refractivity contribution in [2.24, 2.45) is 4.99 Å². The third kappa shape index (κ3) is 7.92. The fourth-order valence-corrected chi connectivity index (χ4v) is 2.97. The van der Waals surface area contributed by atoms with Crippen molar-refractivity contribution in [2.45, 2.75) is 45.9 Å². The summed E-state index contributed by atoms with van der Waals surface area (Å²) in [5.41, 5.74) is 2.64. The van der Waals surface area contributed by atoms with E-state index in [4.69, 9.17) is 4.74 Å². The highest BCUT2D eigenvalue weighted by atomic mass is 127. The maximum Gasteiger partial charge on any atom is 0.191 e. The van der Waals surface area contributed by atoms with Crippen LogP contribution in [0.2, 0.25) is 0 Å². The Labute approximate surface area is 169 Å². The molecule has 0 aromatic heterocycles. The highest BCUT2D eigenvalue weighted by molar-refractivity contribution is 14.0. The number of hydrogen-bond acceptors (Lipinski definition) is 3. The van der Waals surface area contributed by atoms with Gasteiger partial charge in [0.05, 0.1) is 6.10 Å². The van der Waals surface area contributed by atoms with Crippen molar-refractivity contribution < 1.29 is 4.74 Å². The first-order chi connectivity index (χ1) is 11.7. The van der Waals surface area contributed by atoms with Crippen LogP contribution >= 0.6 is 24.0 Å². The molecule has 142 valence electrons. The largest absolute Gasteiger partial charge is 0.376 e. The third-order valence-electron chi connectivity index (χ3n) is 4.50. The molecule has 0 aliphatic carbocycles.